The number of nitrogens with one attached hydrogen (secondary N) is 2. The highest BCUT2D eigenvalue weighted by Crippen LogP contribution is 2.22. The van der Waals surface area contributed by atoms with Crippen LogP contribution in [0.4, 0.5) is 11.4 Å². The Balaban J connectivity index is 1.99. The van der Waals surface area contributed by atoms with Gasteiger partial charge in [-0.1, -0.05) is 32.0 Å². The van der Waals surface area contributed by atoms with Crippen molar-refractivity contribution in [3.63, 3.8) is 0 Å². The van der Waals surface area contributed by atoms with Crippen LogP contribution in [0.15, 0.2) is 42.5 Å². The van der Waals surface area contributed by atoms with E-state index in [4.69, 9.17) is 0 Å². The highest BCUT2D eigenvalue weighted by molar-refractivity contribution is 6.08. The molecule has 2 aromatic rings. The van der Waals surface area contributed by atoms with E-state index >= 15 is 0 Å². The van der Waals surface area contributed by atoms with E-state index in [0.717, 1.165) is 29.7 Å². The van der Waals surface area contributed by atoms with Gasteiger partial charge in [-0.05, 0) is 55.2 Å². The second-order valence-electron chi connectivity index (χ2n) is 6.07. The van der Waals surface area contributed by atoms with E-state index in [0.29, 0.717) is 11.3 Å². The Bertz CT molecular complexity index is 788. The lowest BCUT2D eigenvalue weighted by atomic mass is 10.0. The molecule has 0 heterocycles. The fourth-order valence-electron chi connectivity index (χ4n) is 2.73. The smallest absolute Gasteiger partial charge is 0.233 e. The topological polar surface area (TPSA) is 75.3 Å². The van der Waals surface area contributed by atoms with Gasteiger partial charge in [0.1, 0.15) is 6.42 Å². The molecule has 136 valence electrons. The van der Waals surface area contributed by atoms with Gasteiger partial charge in [0.2, 0.25) is 11.8 Å². The van der Waals surface area contributed by atoms with Crippen LogP contribution in [0.3, 0.4) is 0 Å². The van der Waals surface area contributed by atoms with E-state index in [1.54, 1.807) is 24.3 Å². The van der Waals surface area contributed by atoms with Gasteiger partial charge >= 0.3 is 0 Å². The van der Waals surface area contributed by atoms with Crippen LogP contribution in [-0.2, 0) is 22.4 Å². The molecule has 0 aliphatic heterocycles. The fourth-order valence-corrected chi connectivity index (χ4v) is 2.73. The molecule has 26 heavy (non-hydrogen) atoms. The summed E-state index contributed by atoms with van der Waals surface area (Å²) in [4.78, 5) is 35.6. The first kappa shape index (κ1) is 19.4. The molecule has 0 saturated heterocycles. The maximum absolute atomic E-state index is 12.3. The van der Waals surface area contributed by atoms with E-state index in [1.165, 1.54) is 6.92 Å². The number of rotatable bonds is 7. The quantitative estimate of drug-likeness (QED) is 0.584. The molecule has 5 heteroatoms. The standard InChI is InChI=1S/C21H24N2O3/c1-4-15-7-6-8-16(5-2)21(15)23-20(26)13-19(25)22-18-11-9-17(10-12-18)14(3)24/h6-12H,4-5,13H2,1-3H3,(H,22,25)(H,23,26). The molecule has 2 rings (SSSR count). The summed E-state index contributed by atoms with van der Waals surface area (Å²) < 4.78 is 0. The Morgan fingerprint density at radius 1 is 0.808 bits per heavy atom. The third kappa shape index (κ3) is 5.02. The first-order valence-corrected chi connectivity index (χ1v) is 8.76. The maximum atomic E-state index is 12.3. The van der Waals surface area contributed by atoms with E-state index in [2.05, 4.69) is 10.6 Å². The molecule has 0 radical (unpaired) electrons. The molecule has 0 aliphatic carbocycles. The highest BCUT2D eigenvalue weighted by Gasteiger charge is 2.14. The van der Waals surface area contributed by atoms with Crippen LogP contribution >= 0.6 is 0 Å². The van der Waals surface area contributed by atoms with E-state index < -0.39 is 5.91 Å². The number of anilines is 2. The normalized spacial score (nSPS) is 10.3. The van der Waals surface area contributed by atoms with Crippen molar-refractivity contribution in [3.05, 3.63) is 59.2 Å². The van der Waals surface area contributed by atoms with Gasteiger partial charge in [-0.15, -0.1) is 0 Å². The molecule has 0 aliphatic rings. The Morgan fingerprint density at radius 2 is 1.35 bits per heavy atom. The Hall–Kier alpha value is -2.95. The molecule has 0 fully saturated rings. The summed E-state index contributed by atoms with van der Waals surface area (Å²) in [6.45, 7) is 5.54. The van der Waals surface area contributed by atoms with Crippen LogP contribution in [0.2, 0.25) is 0 Å². The van der Waals surface area contributed by atoms with Gasteiger partial charge in [0.25, 0.3) is 0 Å². The lowest BCUT2D eigenvalue weighted by Gasteiger charge is -2.14. The van der Waals surface area contributed by atoms with Gasteiger partial charge in [-0.2, -0.15) is 0 Å². The second-order valence-corrected chi connectivity index (χ2v) is 6.07. The molecule has 0 bridgehead atoms. The average Bonchev–Trinajstić information content (AvgIpc) is 2.62. The minimum atomic E-state index is -0.398. The molecule has 2 N–H and O–H groups in total. The molecule has 0 saturated carbocycles. The number of Topliss-reactive ketones (excluding diaryl/α,β-unsaturated/α-hetero) is 1. The van der Waals surface area contributed by atoms with Gasteiger partial charge in [-0.3, -0.25) is 14.4 Å². The molecule has 0 spiro atoms. The molecular formula is C21H24N2O3. The highest BCUT2D eigenvalue weighted by atomic mass is 16.2. The average molecular weight is 352 g/mol. The van der Waals surface area contributed by atoms with Crippen molar-refractivity contribution in [2.24, 2.45) is 0 Å². The number of carbonyl (C=O) groups excluding carboxylic acids is 3. The first-order valence-electron chi connectivity index (χ1n) is 8.76. The van der Waals surface area contributed by atoms with E-state index in [-0.39, 0.29) is 18.1 Å². The molecule has 0 unspecified atom stereocenters. The number of aryl methyl sites for hydroxylation is 2. The number of hydrogen-bond donors (Lipinski definition) is 2. The van der Waals surface area contributed by atoms with Crippen molar-refractivity contribution in [1.82, 2.24) is 0 Å². The van der Waals surface area contributed by atoms with Crippen LogP contribution < -0.4 is 10.6 Å². The number of benzene rings is 2. The van der Waals surface area contributed by atoms with Gasteiger partial charge < -0.3 is 10.6 Å². The van der Waals surface area contributed by atoms with Crippen molar-refractivity contribution < 1.29 is 14.4 Å². The van der Waals surface area contributed by atoms with Gasteiger partial charge in [0.15, 0.2) is 5.78 Å². The zero-order valence-electron chi connectivity index (χ0n) is 15.4. The van der Waals surface area contributed by atoms with Crippen molar-refractivity contribution in [3.8, 4) is 0 Å². The summed E-state index contributed by atoms with van der Waals surface area (Å²) in [5.41, 5.74) is 4.04. The maximum Gasteiger partial charge on any atom is 0.233 e. The number of carbonyl (C=O) groups is 3. The van der Waals surface area contributed by atoms with Crippen molar-refractivity contribution >= 4 is 29.0 Å². The first-order chi connectivity index (χ1) is 12.4. The van der Waals surface area contributed by atoms with E-state index in [1.807, 2.05) is 32.0 Å². The van der Waals surface area contributed by atoms with E-state index in [9.17, 15) is 14.4 Å². The SMILES string of the molecule is CCc1cccc(CC)c1NC(=O)CC(=O)Nc1ccc(C(C)=O)cc1. The van der Waals surface area contributed by atoms with Gasteiger partial charge in [0.05, 0.1) is 0 Å². The van der Waals surface area contributed by atoms with Crippen molar-refractivity contribution in [2.45, 2.75) is 40.0 Å². The minimum Gasteiger partial charge on any atom is -0.326 e. The minimum absolute atomic E-state index is 0.0384. The van der Waals surface area contributed by atoms with Gasteiger partial charge in [0, 0.05) is 16.9 Å². The van der Waals surface area contributed by atoms with Crippen LogP contribution in [0.25, 0.3) is 0 Å². The van der Waals surface area contributed by atoms with Crippen LogP contribution in [0, 0.1) is 0 Å². The van der Waals surface area contributed by atoms with Crippen LogP contribution in [0.1, 0.15) is 48.7 Å². The Morgan fingerprint density at radius 3 is 1.85 bits per heavy atom. The molecule has 5 nitrogen and oxygen atoms in total. The predicted octanol–water partition coefficient (Wildman–Crippen LogP) is 3.98. The number of amides is 2. The monoisotopic (exact) mass is 352 g/mol. The largest absolute Gasteiger partial charge is 0.326 e. The Labute approximate surface area is 153 Å². The zero-order valence-corrected chi connectivity index (χ0v) is 15.4. The predicted molar refractivity (Wildman–Crippen MR) is 104 cm³/mol. The number of ketones is 1. The lowest BCUT2D eigenvalue weighted by Crippen LogP contribution is -2.22. The summed E-state index contributed by atoms with van der Waals surface area (Å²) in [5, 5.41) is 5.55. The van der Waals surface area contributed by atoms with Crippen molar-refractivity contribution in [1.29, 1.82) is 0 Å². The third-order valence-corrected chi connectivity index (χ3v) is 4.16. The number of hydrogen-bond acceptors (Lipinski definition) is 3. The Kier molecular flexibility index (Phi) is 6.67. The summed E-state index contributed by atoms with van der Waals surface area (Å²) >= 11 is 0. The van der Waals surface area contributed by atoms with Crippen LogP contribution in [-0.4, -0.2) is 17.6 Å². The molecule has 0 atom stereocenters. The summed E-state index contributed by atoms with van der Waals surface area (Å²) in [5.74, 6) is -0.785. The summed E-state index contributed by atoms with van der Waals surface area (Å²) in [7, 11) is 0. The second kappa shape index (κ2) is 8.94. The molecule has 2 aromatic carbocycles. The van der Waals surface area contributed by atoms with Crippen LogP contribution in [0.5, 0.6) is 0 Å². The molecule has 2 amide bonds. The fraction of sp³-hybridized carbons (Fsp3) is 0.286. The molecule has 0 aromatic heterocycles. The summed E-state index contributed by atoms with van der Waals surface area (Å²) in [6.07, 6.45) is 1.34. The number of para-hydroxylation sites is 1. The molecular weight excluding hydrogens is 328 g/mol. The lowest BCUT2D eigenvalue weighted by molar-refractivity contribution is -0.123. The van der Waals surface area contributed by atoms with Crippen molar-refractivity contribution in [2.75, 3.05) is 10.6 Å². The van der Waals surface area contributed by atoms with Gasteiger partial charge in [-0.25, -0.2) is 0 Å². The third-order valence-electron chi connectivity index (χ3n) is 4.16. The zero-order chi connectivity index (χ0) is 19.1. The summed E-state index contributed by atoms with van der Waals surface area (Å²) in [6, 6.07) is 12.5.